The Morgan fingerprint density at radius 1 is 1.03 bits per heavy atom. The van der Waals surface area contributed by atoms with Crippen molar-refractivity contribution in [3.8, 4) is 5.75 Å². The number of aryl methyl sites for hydroxylation is 1. The van der Waals surface area contributed by atoms with Crippen LogP contribution < -0.4 is 25.6 Å². The van der Waals surface area contributed by atoms with Crippen LogP contribution in [0.3, 0.4) is 0 Å². The molecule has 2 heterocycles. The fraction of sp³-hybridized carbons (Fsp3) is 0.346. The van der Waals surface area contributed by atoms with Crippen LogP contribution in [0.25, 0.3) is 0 Å². The van der Waals surface area contributed by atoms with E-state index in [0.29, 0.717) is 22.3 Å². The van der Waals surface area contributed by atoms with Gasteiger partial charge in [0.1, 0.15) is 11.6 Å². The molecular formula is C26H33ClN6O2. The van der Waals surface area contributed by atoms with Gasteiger partial charge in [-0.2, -0.15) is 0 Å². The number of pyridine rings is 1. The Morgan fingerprint density at radius 3 is 2.43 bits per heavy atom. The number of hydrogen-bond acceptors (Lipinski definition) is 8. The summed E-state index contributed by atoms with van der Waals surface area (Å²) in [5, 5.41) is 20.6. The van der Waals surface area contributed by atoms with Crippen LogP contribution in [0.1, 0.15) is 12.5 Å². The van der Waals surface area contributed by atoms with Gasteiger partial charge in [-0.15, -0.1) is 0 Å². The summed E-state index contributed by atoms with van der Waals surface area (Å²) in [5.74, 6) is 1.33. The second kappa shape index (κ2) is 11.5. The first kappa shape index (κ1) is 24.9. The van der Waals surface area contributed by atoms with Gasteiger partial charge in [-0.25, -0.2) is 4.98 Å². The van der Waals surface area contributed by atoms with Gasteiger partial charge in [0.15, 0.2) is 0 Å². The SMILES string of the molecule is CCc1cnc(Nc2ccc(N3CCN(C)CC3)cc2)cc1NC(O)Nc1cc(OC)ccc1Cl. The number of nitrogens with zero attached hydrogens (tertiary/aromatic N) is 3. The lowest BCUT2D eigenvalue weighted by Crippen LogP contribution is -2.44. The summed E-state index contributed by atoms with van der Waals surface area (Å²) in [6.45, 7) is 6.28. The molecule has 3 aromatic rings. The van der Waals surface area contributed by atoms with Crippen molar-refractivity contribution < 1.29 is 9.84 Å². The number of halogens is 1. The fourth-order valence-electron chi connectivity index (χ4n) is 4.01. The molecule has 1 saturated heterocycles. The van der Waals surface area contributed by atoms with Crippen molar-refractivity contribution in [3.63, 3.8) is 0 Å². The summed E-state index contributed by atoms with van der Waals surface area (Å²) >= 11 is 6.26. The third-order valence-electron chi connectivity index (χ3n) is 6.13. The van der Waals surface area contributed by atoms with E-state index in [1.165, 1.54) is 5.69 Å². The zero-order chi connectivity index (χ0) is 24.8. The van der Waals surface area contributed by atoms with Crippen LogP contribution in [-0.4, -0.2) is 61.7 Å². The Morgan fingerprint density at radius 2 is 1.74 bits per heavy atom. The van der Waals surface area contributed by atoms with Gasteiger partial charge in [0, 0.05) is 61.6 Å². The highest BCUT2D eigenvalue weighted by atomic mass is 35.5. The average molecular weight is 497 g/mol. The Bertz CT molecular complexity index is 1120. The van der Waals surface area contributed by atoms with Crippen LogP contribution >= 0.6 is 11.6 Å². The Hall–Kier alpha value is -3.20. The molecule has 0 saturated carbocycles. The van der Waals surface area contributed by atoms with Crippen LogP contribution in [0.5, 0.6) is 5.75 Å². The third-order valence-corrected chi connectivity index (χ3v) is 6.46. The van der Waals surface area contributed by atoms with Gasteiger partial charge in [-0.1, -0.05) is 18.5 Å². The monoisotopic (exact) mass is 496 g/mol. The summed E-state index contributed by atoms with van der Waals surface area (Å²) in [6.07, 6.45) is 1.51. The van der Waals surface area contributed by atoms with E-state index in [2.05, 4.69) is 62.0 Å². The maximum atomic E-state index is 10.6. The highest BCUT2D eigenvalue weighted by Gasteiger charge is 2.15. The summed E-state index contributed by atoms with van der Waals surface area (Å²) in [4.78, 5) is 9.30. The minimum absolute atomic E-state index is 0.486. The molecule has 1 atom stereocenters. The summed E-state index contributed by atoms with van der Waals surface area (Å²) in [5.41, 5.74) is 4.51. The molecule has 8 nitrogen and oxygen atoms in total. The molecule has 9 heteroatoms. The topological polar surface area (TPSA) is 84.9 Å². The van der Waals surface area contributed by atoms with E-state index < -0.39 is 6.35 Å². The standard InChI is InChI=1S/C26H33ClN6O2/c1-4-18-17-28-25(29-19-5-7-20(8-6-19)33-13-11-32(2)12-14-33)16-23(18)30-26(34)31-24-15-21(35-3)9-10-22(24)27/h5-10,15-17,26,31,34H,4,11-14H2,1-3H3,(H2,28,29,30). The molecule has 0 radical (unpaired) electrons. The molecule has 2 aromatic carbocycles. The van der Waals surface area contributed by atoms with Crippen molar-refractivity contribution >= 4 is 40.2 Å². The van der Waals surface area contributed by atoms with Gasteiger partial charge in [0.2, 0.25) is 6.35 Å². The Labute approximate surface area is 211 Å². The number of nitrogens with one attached hydrogen (secondary N) is 3. The van der Waals surface area contributed by atoms with Crippen LogP contribution in [-0.2, 0) is 6.42 Å². The molecule has 1 aromatic heterocycles. The molecule has 0 amide bonds. The van der Waals surface area contributed by atoms with Crippen molar-refractivity contribution in [1.29, 1.82) is 0 Å². The van der Waals surface area contributed by atoms with E-state index in [9.17, 15) is 5.11 Å². The molecule has 1 fully saturated rings. The second-order valence-electron chi connectivity index (χ2n) is 8.58. The van der Waals surface area contributed by atoms with E-state index in [0.717, 1.165) is 49.5 Å². The zero-order valence-corrected chi connectivity index (χ0v) is 21.1. The molecule has 4 N–H and O–H groups in total. The van der Waals surface area contributed by atoms with Crippen LogP contribution in [0.15, 0.2) is 54.7 Å². The number of aromatic nitrogens is 1. The predicted molar refractivity (Wildman–Crippen MR) is 144 cm³/mol. The fourth-order valence-corrected chi connectivity index (χ4v) is 4.18. The maximum absolute atomic E-state index is 10.6. The number of rotatable bonds is 9. The lowest BCUT2D eigenvalue weighted by molar-refractivity contribution is 0.232. The van der Waals surface area contributed by atoms with Crippen LogP contribution in [0.2, 0.25) is 5.02 Å². The van der Waals surface area contributed by atoms with E-state index in [1.54, 1.807) is 25.3 Å². The molecular weight excluding hydrogens is 464 g/mol. The second-order valence-corrected chi connectivity index (χ2v) is 8.99. The highest BCUT2D eigenvalue weighted by molar-refractivity contribution is 6.33. The van der Waals surface area contributed by atoms with Crippen molar-refractivity contribution in [3.05, 3.63) is 65.3 Å². The van der Waals surface area contributed by atoms with E-state index in [-0.39, 0.29) is 0 Å². The van der Waals surface area contributed by atoms with E-state index in [1.807, 2.05) is 19.2 Å². The molecule has 1 aliphatic rings. The molecule has 1 unspecified atom stereocenters. The number of benzene rings is 2. The lowest BCUT2D eigenvalue weighted by atomic mass is 10.2. The van der Waals surface area contributed by atoms with Crippen LogP contribution in [0.4, 0.5) is 28.6 Å². The smallest absolute Gasteiger partial charge is 0.202 e. The van der Waals surface area contributed by atoms with E-state index >= 15 is 0 Å². The predicted octanol–water partition coefficient (Wildman–Crippen LogP) is 4.60. The number of likely N-dealkylation sites (N-methyl/N-ethyl adjacent to an activating group) is 1. The van der Waals surface area contributed by atoms with Gasteiger partial charge < -0.3 is 35.6 Å². The number of aliphatic hydroxyl groups is 1. The third kappa shape index (κ3) is 6.48. The molecule has 0 bridgehead atoms. The lowest BCUT2D eigenvalue weighted by Gasteiger charge is -2.34. The number of ether oxygens (including phenoxy) is 1. The molecule has 4 rings (SSSR count). The highest BCUT2D eigenvalue weighted by Crippen LogP contribution is 2.28. The molecule has 186 valence electrons. The Kier molecular flexibility index (Phi) is 8.17. The summed E-state index contributed by atoms with van der Waals surface area (Å²) in [7, 11) is 3.74. The molecule has 35 heavy (non-hydrogen) atoms. The number of anilines is 5. The van der Waals surface area contributed by atoms with Crippen molar-refractivity contribution in [1.82, 2.24) is 9.88 Å². The molecule has 0 aliphatic carbocycles. The minimum Gasteiger partial charge on any atom is -0.497 e. The first-order chi connectivity index (χ1) is 16.9. The minimum atomic E-state index is -1.07. The number of methoxy groups -OCH3 is 1. The summed E-state index contributed by atoms with van der Waals surface area (Å²) in [6, 6.07) is 15.5. The van der Waals surface area contributed by atoms with Crippen molar-refractivity contribution in [2.45, 2.75) is 19.7 Å². The number of aliphatic hydroxyl groups excluding tert-OH is 1. The number of piperazine rings is 1. The van der Waals surface area contributed by atoms with Gasteiger partial charge >= 0.3 is 0 Å². The van der Waals surface area contributed by atoms with Crippen molar-refractivity contribution in [2.24, 2.45) is 0 Å². The van der Waals surface area contributed by atoms with Gasteiger partial charge in [-0.05, 0) is 55.4 Å². The molecule has 0 spiro atoms. The Balaban J connectivity index is 1.43. The first-order valence-corrected chi connectivity index (χ1v) is 12.2. The van der Waals surface area contributed by atoms with Crippen LogP contribution in [0, 0.1) is 0 Å². The zero-order valence-electron chi connectivity index (χ0n) is 20.4. The normalized spacial score (nSPS) is 14.9. The van der Waals surface area contributed by atoms with Gasteiger partial charge in [-0.3, -0.25) is 0 Å². The maximum Gasteiger partial charge on any atom is 0.202 e. The first-order valence-electron chi connectivity index (χ1n) is 11.8. The van der Waals surface area contributed by atoms with E-state index in [4.69, 9.17) is 16.3 Å². The average Bonchev–Trinajstić information content (AvgIpc) is 2.86. The number of hydrogen-bond donors (Lipinski definition) is 4. The largest absolute Gasteiger partial charge is 0.497 e. The van der Waals surface area contributed by atoms with Gasteiger partial charge in [0.05, 0.1) is 17.8 Å². The molecule has 1 aliphatic heterocycles. The summed E-state index contributed by atoms with van der Waals surface area (Å²) < 4.78 is 5.24. The quantitative estimate of drug-likeness (QED) is 0.320. The van der Waals surface area contributed by atoms with Crippen molar-refractivity contribution in [2.75, 3.05) is 61.2 Å². The van der Waals surface area contributed by atoms with Gasteiger partial charge in [0.25, 0.3) is 0 Å².